The Morgan fingerprint density at radius 1 is 1.12 bits per heavy atom. The predicted octanol–water partition coefficient (Wildman–Crippen LogP) is 2.92. The molecular weight excluding hydrogens is 306 g/mol. The maximum absolute atomic E-state index is 11.5. The van der Waals surface area contributed by atoms with Gasteiger partial charge in [-0.25, -0.2) is 0 Å². The average Bonchev–Trinajstić information content (AvgIpc) is 2.61. The Bertz CT molecular complexity index is 798. The number of carbonyl (C=O) groups excluding carboxylic acids is 1. The maximum atomic E-state index is 11.5. The van der Waals surface area contributed by atoms with Crippen LogP contribution in [0.5, 0.6) is 17.2 Å². The monoisotopic (exact) mass is 325 g/mol. The highest BCUT2D eigenvalue weighted by molar-refractivity contribution is 5.88. The number of fused-ring (bicyclic) bond motifs is 1. The van der Waals surface area contributed by atoms with Crippen LogP contribution in [-0.4, -0.2) is 37.2 Å². The van der Waals surface area contributed by atoms with Gasteiger partial charge < -0.3 is 19.5 Å². The number of aromatic hydroxyl groups is 1. The van der Waals surface area contributed by atoms with Gasteiger partial charge in [-0.15, -0.1) is 0 Å². The van der Waals surface area contributed by atoms with Crippen LogP contribution in [0.3, 0.4) is 0 Å². The molecule has 0 bridgehead atoms. The second-order valence-corrected chi connectivity index (χ2v) is 5.53. The van der Waals surface area contributed by atoms with E-state index in [0.29, 0.717) is 12.3 Å². The summed E-state index contributed by atoms with van der Waals surface area (Å²) in [7, 11) is 3.14. The minimum Gasteiger partial charge on any atom is -0.504 e. The molecule has 1 N–H and O–H groups in total. The first-order chi connectivity index (χ1) is 11.7. The zero-order chi connectivity index (χ0) is 17.1. The first-order valence-corrected chi connectivity index (χ1v) is 7.64. The van der Waals surface area contributed by atoms with Crippen molar-refractivity contribution in [3.8, 4) is 17.2 Å². The van der Waals surface area contributed by atoms with Crippen molar-refractivity contribution in [2.75, 3.05) is 20.8 Å². The van der Waals surface area contributed by atoms with Gasteiger partial charge in [0.25, 0.3) is 0 Å². The van der Waals surface area contributed by atoms with Crippen LogP contribution in [0.1, 0.15) is 16.7 Å². The fourth-order valence-electron chi connectivity index (χ4n) is 2.89. The molecule has 1 aliphatic heterocycles. The highest BCUT2D eigenvalue weighted by Gasteiger charge is 2.21. The molecule has 0 fully saturated rings. The van der Waals surface area contributed by atoms with E-state index >= 15 is 0 Å². The summed E-state index contributed by atoms with van der Waals surface area (Å²) in [6, 6.07) is 11.0. The van der Waals surface area contributed by atoms with Crippen LogP contribution in [0.25, 0.3) is 11.8 Å². The van der Waals surface area contributed by atoms with Crippen LogP contribution in [-0.2, 0) is 11.2 Å². The third-order valence-electron chi connectivity index (χ3n) is 4.15. The van der Waals surface area contributed by atoms with Crippen LogP contribution in [0, 0.1) is 0 Å². The second-order valence-electron chi connectivity index (χ2n) is 5.53. The van der Waals surface area contributed by atoms with Crippen LogP contribution in [0.2, 0.25) is 0 Å². The summed E-state index contributed by atoms with van der Waals surface area (Å²) in [5.74, 6) is 1.28. The molecule has 0 saturated carbocycles. The summed E-state index contributed by atoms with van der Waals surface area (Å²) >= 11 is 0. The van der Waals surface area contributed by atoms with Gasteiger partial charge in [-0.05, 0) is 54.0 Å². The zero-order valence-electron chi connectivity index (χ0n) is 13.7. The molecule has 0 unspecified atom stereocenters. The van der Waals surface area contributed by atoms with Crippen molar-refractivity contribution in [2.45, 2.75) is 6.42 Å². The number of amides is 1. The van der Waals surface area contributed by atoms with Gasteiger partial charge in [-0.1, -0.05) is 6.07 Å². The minimum atomic E-state index is 0.0651. The number of nitrogens with zero attached hydrogens (tertiary/aromatic N) is 1. The maximum Gasteiger partial charge on any atom is 0.214 e. The van der Waals surface area contributed by atoms with Gasteiger partial charge in [0.2, 0.25) is 6.41 Å². The van der Waals surface area contributed by atoms with Crippen molar-refractivity contribution in [3.05, 3.63) is 53.1 Å². The number of ether oxygens (including phenoxy) is 2. The number of benzene rings is 2. The molecule has 2 aromatic rings. The van der Waals surface area contributed by atoms with Crippen molar-refractivity contribution in [1.29, 1.82) is 0 Å². The van der Waals surface area contributed by atoms with Crippen molar-refractivity contribution in [1.82, 2.24) is 4.90 Å². The molecule has 5 heteroatoms. The van der Waals surface area contributed by atoms with Gasteiger partial charge in [0.1, 0.15) is 5.75 Å². The van der Waals surface area contributed by atoms with E-state index in [1.165, 1.54) is 7.11 Å². The highest BCUT2D eigenvalue weighted by Crippen LogP contribution is 2.33. The fourth-order valence-corrected chi connectivity index (χ4v) is 2.89. The van der Waals surface area contributed by atoms with Gasteiger partial charge in [0.05, 0.1) is 19.9 Å². The molecule has 2 aromatic carbocycles. The Labute approximate surface area is 140 Å². The quantitative estimate of drug-likeness (QED) is 0.878. The van der Waals surface area contributed by atoms with E-state index in [9.17, 15) is 9.90 Å². The Morgan fingerprint density at radius 3 is 2.62 bits per heavy atom. The molecule has 0 radical (unpaired) electrons. The third kappa shape index (κ3) is 2.93. The van der Waals surface area contributed by atoms with Crippen LogP contribution in [0.15, 0.2) is 36.4 Å². The largest absolute Gasteiger partial charge is 0.504 e. The van der Waals surface area contributed by atoms with Gasteiger partial charge in [0.15, 0.2) is 11.5 Å². The molecule has 1 heterocycles. The van der Waals surface area contributed by atoms with Gasteiger partial charge in [-0.2, -0.15) is 0 Å². The van der Waals surface area contributed by atoms with E-state index in [2.05, 4.69) is 0 Å². The summed E-state index contributed by atoms with van der Waals surface area (Å²) < 4.78 is 10.3. The summed E-state index contributed by atoms with van der Waals surface area (Å²) in [6.45, 7) is 0.609. The number of phenolic OH excluding ortho intramolecular Hbond substituents is 1. The summed E-state index contributed by atoms with van der Waals surface area (Å²) in [4.78, 5) is 13.1. The molecule has 1 amide bonds. The molecule has 0 spiro atoms. The number of methoxy groups -OCH3 is 2. The van der Waals surface area contributed by atoms with Crippen molar-refractivity contribution < 1.29 is 19.4 Å². The minimum absolute atomic E-state index is 0.0651. The number of carbonyl (C=O) groups is 1. The Balaban J connectivity index is 2.07. The van der Waals surface area contributed by atoms with E-state index in [1.807, 2.05) is 30.3 Å². The lowest BCUT2D eigenvalue weighted by molar-refractivity contribution is -0.115. The second kappa shape index (κ2) is 6.66. The van der Waals surface area contributed by atoms with Crippen LogP contribution in [0.4, 0.5) is 0 Å². The third-order valence-corrected chi connectivity index (χ3v) is 4.15. The predicted molar refractivity (Wildman–Crippen MR) is 92.0 cm³/mol. The number of phenols is 1. The lowest BCUT2D eigenvalue weighted by Crippen LogP contribution is -2.28. The zero-order valence-corrected chi connectivity index (χ0v) is 13.7. The average molecular weight is 325 g/mol. The van der Waals surface area contributed by atoms with Crippen molar-refractivity contribution in [2.24, 2.45) is 0 Å². The molecule has 0 atom stereocenters. The Hall–Kier alpha value is -2.95. The Morgan fingerprint density at radius 2 is 1.96 bits per heavy atom. The molecule has 0 saturated heterocycles. The smallest absolute Gasteiger partial charge is 0.214 e. The normalized spacial score (nSPS) is 15.1. The number of hydrogen-bond donors (Lipinski definition) is 1. The van der Waals surface area contributed by atoms with Gasteiger partial charge >= 0.3 is 0 Å². The summed E-state index contributed by atoms with van der Waals surface area (Å²) in [6.07, 6.45) is 3.50. The number of hydrogen-bond acceptors (Lipinski definition) is 4. The van der Waals surface area contributed by atoms with E-state index < -0.39 is 0 Å². The first kappa shape index (κ1) is 15.9. The molecule has 1 aliphatic rings. The van der Waals surface area contributed by atoms with Gasteiger partial charge in [0, 0.05) is 12.1 Å². The topological polar surface area (TPSA) is 59.0 Å². The lowest BCUT2D eigenvalue weighted by atomic mass is 9.95. The number of rotatable bonds is 4. The summed E-state index contributed by atoms with van der Waals surface area (Å²) in [5.41, 5.74) is 3.72. The Kier molecular flexibility index (Phi) is 4.42. The SMILES string of the molecule is COc1ccc2c(c1)CCN(C=O)/C2=C/c1ccc(OC)c(O)c1. The van der Waals surface area contributed by atoms with E-state index in [4.69, 9.17) is 9.47 Å². The lowest BCUT2D eigenvalue weighted by Gasteiger charge is -2.29. The van der Waals surface area contributed by atoms with E-state index in [-0.39, 0.29) is 5.75 Å². The molecule has 24 heavy (non-hydrogen) atoms. The van der Waals surface area contributed by atoms with E-state index in [1.54, 1.807) is 24.1 Å². The van der Waals surface area contributed by atoms with Crippen LogP contribution < -0.4 is 9.47 Å². The van der Waals surface area contributed by atoms with Gasteiger partial charge in [-0.3, -0.25) is 4.79 Å². The van der Waals surface area contributed by atoms with Crippen molar-refractivity contribution >= 4 is 18.2 Å². The molecule has 3 rings (SSSR count). The van der Waals surface area contributed by atoms with Crippen molar-refractivity contribution in [3.63, 3.8) is 0 Å². The van der Waals surface area contributed by atoms with E-state index in [0.717, 1.165) is 41.0 Å². The highest BCUT2D eigenvalue weighted by atomic mass is 16.5. The first-order valence-electron chi connectivity index (χ1n) is 7.64. The molecule has 0 aliphatic carbocycles. The van der Waals surface area contributed by atoms with Crippen LogP contribution >= 0.6 is 0 Å². The molecule has 0 aromatic heterocycles. The summed E-state index contributed by atoms with van der Waals surface area (Å²) in [5, 5.41) is 9.95. The fraction of sp³-hybridized carbons (Fsp3) is 0.211. The molecular formula is C19H19NO4. The standard InChI is InChI=1S/C19H19NO4/c1-23-15-4-5-16-14(11-15)7-8-20(12-21)17(16)9-13-3-6-19(24-2)18(22)10-13/h3-6,9-12,22H,7-8H2,1-2H3/b17-9+. The molecule has 124 valence electrons. The molecule has 5 nitrogen and oxygen atoms in total.